The molecule has 1 aliphatic heterocycles. The Morgan fingerprint density at radius 2 is 2.39 bits per heavy atom. The molecule has 0 amide bonds. The largest absolute Gasteiger partial charge is 0.393 e. The van der Waals surface area contributed by atoms with Gasteiger partial charge in [-0.15, -0.1) is 0 Å². The Morgan fingerprint density at radius 3 is 3.00 bits per heavy atom. The standard InChI is InChI=1S/C12H18ClN3O2/c1-8(17)9-3-4-16(6-9)12-5-10(13)14-11(15-12)7-18-2/h5,8-9,17H,3-4,6-7H2,1-2H3. The van der Waals surface area contributed by atoms with Gasteiger partial charge in [-0.25, -0.2) is 9.97 Å². The maximum absolute atomic E-state index is 9.60. The SMILES string of the molecule is COCc1nc(Cl)cc(N2CCC(C(C)O)C2)n1. The van der Waals surface area contributed by atoms with Crippen molar-refractivity contribution in [1.29, 1.82) is 0 Å². The predicted octanol–water partition coefficient (Wildman–Crippen LogP) is 1.48. The van der Waals surface area contributed by atoms with Crippen molar-refractivity contribution in [2.75, 3.05) is 25.1 Å². The molecule has 1 fully saturated rings. The molecule has 1 aromatic rings. The molecule has 0 saturated carbocycles. The van der Waals surface area contributed by atoms with E-state index in [0.29, 0.717) is 23.5 Å². The molecule has 1 saturated heterocycles. The van der Waals surface area contributed by atoms with Crippen molar-refractivity contribution in [1.82, 2.24) is 9.97 Å². The zero-order valence-electron chi connectivity index (χ0n) is 10.6. The third-order valence-corrected chi connectivity index (χ3v) is 3.43. The zero-order valence-corrected chi connectivity index (χ0v) is 11.4. The second-order valence-corrected chi connectivity index (χ2v) is 5.02. The van der Waals surface area contributed by atoms with Crippen molar-refractivity contribution in [2.24, 2.45) is 5.92 Å². The molecule has 2 heterocycles. The smallest absolute Gasteiger partial charge is 0.158 e. The molecule has 2 unspecified atom stereocenters. The van der Waals surface area contributed by atoms with Gasteiger partial charge < -0.3 is 14.7 Å². The van der Waals surface area contributed by atoms with E-state index in [1.807, 2.05) is 6.92 Å². The Morgan fingerprint density at radius 1 is 1.61 bits per heavy atom. The molecule has 6 heteroatoms. The van der Waals surface area contributed by atoms with E-state index in [0.717, 1.165) is 25.3 Å². The first-order valence-corrected chi connectivity index (χ1v) is 6.43. The normalized spacial score (nSPS) is 21.3. The minimum Gasteiger partial charge on any atom is -0.393 e. The first-order valence-electron chi connectivity index (χ1n) is 6.05. The number of nitrogens with zero attached hydrogens (tertiary/aromatic N) is 3. The van der Waals surface area contributed by atoms with Crippen LogP contribution in [0.1, 0.15) is 19.2 Å². The van der Waals surface area contributed by atoms with Gasteiger partial charge in [-0.1, -0.05) is 11.6 Å². The van der Waals surface area contributed by atoms with Gasteiger partial charge >= 0.3 is 0 Å². The molecule has 100 valence electrons. The van der Waals surface area contributed by atoms with Crippen molar-refractivity contribution in [3.8, 4) is 0 Å². The molecule has 1 aromatic heterocycles. The van der Waals surface area contributed by atoms with Crippen molar-refractivity contribution in [3.63, 3.8) is 0 Å². The highest BCUT2D eigenvalue weighted by atomic mass is 35.5. The topological polar surface area (TPSA) is 58.5 Å². The molecule has 2 atom stereocenters. The second-order valence-electron chi connectivity index (χ2n) is 4.63. The van der Waals surface area contributed by atoms with Crippen LogP contribution < -0.4 is 4.90 Å². The molecule has 0 radical (unpaired) electrons. The van der Waals surface area contributed by atoms with Crippen molar-refractivity contribution in [2.45, 2.75) is 26.1 Å². The van der Waals surface area contributed by atoms with Crippen LogP contribution in [0.15, 0.2) is 6.07 Å². The lowest BCUT2D eigenvalue weighted by Crippen LogP contribution is -2.25. The number of anilines is 1. The number of hydrogen-bond acceptors (Lipinski definition) is 5. The highest BCUT2D eigenvalue weighted by Crippen LogP contribution is 2.25. The molecule has 1 aliphatic rings. The van der Waals surface area contributed by atoms with Crippen LogP contribution in [0.4, 0.5) is 5.82 Å². The number of aromatic nitrogens is 2. The summed E-state index contributed by atoms with van der Waals surface area (Å²) in [6.07, 6.45) is 0.685. The third kappa shape index (κ3) is 3.10. The molecule has 1 N–H and O–H groups in total. The predicted molar refractivity (Wildman–Crippen MR) is 69.8 cm³/mol. The number of rotatable bonds is 4. The Kier molecular flexibility index (Phi) is 4.37. The van der Waals surface area contributed by atoms with Gasteiger partial charge in [0, 0.05) is 32.2 Å². The summed E-state index contributed by atoms with van der Waals surface area (Å²) in [6, 6.07) is 1.76. The fourth-order valence-corrected chi connectivity index (χ4v) is 2.39. The van der Waals surface area contributed by atoms with Crippen LogP contribution in [0.3, 0.4) is 0 Å². The van der Waals surface area contributed by atoms with Crippen molar-refractivity contribution in [3.05, 3.63) is 17.0 Å². The van der Waals surface area contributed by atoms with E-state index in [1.54, 1.807) is 13.2 Å². The minimum absolute atomic E-state index is 0.286. The lowest BCUT2D eigenvalue weighted by atomic mass is 10.0. The van der Waals surface area contributed by atoms with E-state index in [2.05, 4.69) is 14.9 Å². The van der Waals surface area contributed by atoms with Crippen LogP contribution in [0.2, 0.25) is 5.15 Å². The van der Waals surface area contributed by atoms with Crippen LogP contribution in [-0.4, -0.2) is 41.4 Å². The first-order chi connectivity index (χ1) is 8.60. The van der Waals surface area contributed by atoms with E-state index >= 15 is 0 Å². The lowest BCUT2D eigenvalue weighted by molar-refractivity contribution is 0.136. The fourth-order valence-electron chi connectivity index (χ4n) is 2.20. The summed E-state index contributed by atoms with van der Waals surface area (Å²) in [4.78, 5) is 10.7. The van der Waals surface area contributed by atoms with Crippen LogP contribution in [0.25, 0.3) is 0 Å². The Bertz CT molecular complexity index is 414. The highest BCUT2D eigenvalue weighted by molar-refractivity contribution is 6.29. The van der Waals surface area contributed by atoms with Crippen LogP contribution in [0.5, 0.6) is 0 Å². The van der Waals surface area contributed by atoms with E-state index in [9.17, 15) is 5.11 Å². The van der Waals surface area contributed by atoms with Crippen molar-refractivity contribution < 1.29 is 9.84 Å². The van der Waals surface area contributed by atoms with Gasteiger partial charge in [0.2, 0.25) is 0 Å². The Labute approximate surface area is 112 Å². The van der Waals surface area contributed by atoms with Gasteiger partial charge in [0.05, 0.1) is 6.10 Å². The number of hydrogen-bond donors (Lipinski definition) is 1. The summed E-state index contributed by atoms with van der Waals surface area (Å²) >= 11 is 5.98. The van der Waals surface area contributed by atoms with Crippen LogP contribution in [0, 0.1) is 5.92 Å². The van der Waals surface area contributed by atoms with E-state index in [-0.39, 0.29) is 6.10 Å². The second kappa shape index (κ2) is 5.82. The monoisotopic (exact) mass is 271 g/mol. The van der Waals surface area contributed by atoms with Gasteiger partial charge in [0.15, 0.2) is 5.82 Å². The third-order valence-electron chi connectivity index (χ3n) is 3.23. The summed E-state index contributed by atoms with van der Waals surface area (Å²) in [7, 11) is 1.60. The van der Waals surface area contributed by atoms with E-state index in [4.69, 9.17) is 16.3 Å². The summed E-state index contributed by atoms with van der Waals surface area (Å²) in [5, 5.41) is 10.0. The maximum atomic E-state index is 9.60. The van der Waals surface area contributed by atoms with Gasteiger partial charge in [-0.2, -0.15) is 0 Å². The molecule has 0 aromatic carbocycles. The summed E-state index contributed by atoms with van der Waals surface area (Å²) in [5.41, 5.74) is 0. The Hall–Kier alpha value is -0.910. The van der Waals surface area contributed by atoms with Gasteiger partial charge in [-0.3, -0.25) is 0 Å². The van der Waals surface area contributed by atoms with Crippen LogP contribution >= 0.6 is 11.6 Å². The van der Waals surface area contributed by atoms with E-state index in [1.165, 1.54) is 0 Å². The maximum Gasteiger partial charge on any atom is 0.158 e. The van der Waals surface area contributed by atoms with Gasteiger partial charge in [-0.05, 0) is 13.3 Å². The van der Waals surface area contributed by atoms with Gasteiger partial charge in [0.1, 0.15) is 17.6 Å². The molecule has 18 heavy (non-hydrogen) atoms. The highest BCUT2D eigenvalue weighted by Gasteiger charge is 2.27. The summed E-state index contributed by atoms with van der Waals surface area (Å²) in [5.74, 6) is 1.69. The number of halogens is 1. The van der Waals surface area contributed by atoms with Crippen molar-refractivity contribution >= 4 is 17.4 Å². The molecule has 0 bridgehead atoms. The summed E-state index contributed by atoms with van der Waals surface area (Å²) in [6.45, 7) is 3.87. The number of methoxy groups -OCH3 is 1. The molecule has 2 rings (SSSR count). The molecule has 0 spiro atoms. The number of aliphatic hydroxyl groups is 1. The molecular weight excluding hydrogens is 254 g/mol. The van der Waals surface area contributed by atoms with Crippen LogP contribution in [-0.2, 0) is 11.3 Å². The van der Waals surface area contributed by atoms with E-state index < -0.39 is 0 Å². The minimum atomic E-state index is -0.286. The lowest BCUT2D eigenvalue weighted by Gasteiger charge is -2.19. The average Bonchev–Trinajstić information content (AvgIpc) is 2.78. The summed E-state index contributed by atoms with van der Waals surface area (Å²) < 4.78 is 5.02. The zero-order chi connectivity index (χ0) is 13.1. The number of aliphatic hydroxyl groups excluding tert-OH is 1. The molecule has 0 aliphatic carbocycles. The molecular formula is C12H18ClN3O2. The quantitative estimate of drug-likeness (QED) is 0.841. The average molecular weight is 272 g/mol. The molecule has 5 nitrogen and oxygen atoms in total. The number of ether oxygens (including phenoxy) is 1. The Balaban J connectivity index is 2.13. The first kappa shape index (κ1) is 13.5. The van der Waals surface area contributed by atoms with Gasteiger partial charge in [0.25, 0.3) is 0 Å². The fraction of sp³-hybridized carbons (Fsp3) is 0.667.